The van der Waals surface area contributed by atoms with E-state index in [2.05, 4.69) is 0 Å². The Morgan fingerprint density at radius 3 is 2.38 bits per heavy atom. The lowest BCUT2D eigenvalue weighted by Crippen LogP contribution is -2.50. The molecule has 3 rings (SSSR count). The molecular weight excluding hydrogens is 341 g/mol. The Morgan fingerprint density at radius 1 is 1.12 bits per heavy atom. The molecule has 0 aliphatic carbocycles. The smallest absolute Gasteiger partial charge is 0.409 e. The highest BCUT2D eigenvalue weighted by atomic mass is 19.1. The zero-order valence-corrected chi connectivity index (χ0v) is 14.7. The number of ether oxygens (including phenoxy) is 1. The van der Waals surface area contributed by atoms with Crippen LogP contribution >= 0.6 is 0 Å². The van der Waals surface area contributed by atoms with Crippen LogP contribution in [-0.4, -0.2) is 65.1 Å². The summed E-state index contributed by atoms with van der Waals surface area (Å²) in [6.45, 7) is 4.90. The molecule has 8 heteroatoms. The van der Waals surface area contributed by atoms with E-state index >= 15 is 0 Å². The standard InChI is InChI=1S/C18H20FN3O4/c1-3-26-18(25)21-8-6-20(7-9-21)17(24)15-11-22(12(2)23)16-10-13(19)4-5-14(15)16/h4-5,10-11H,3,6-9H2,1-2H3. The van der Waals surface area contributed by atoms with E-state index in [0.29, 0.717) is 49.3 Å². The van der Waals surface area contributed by atoms with Gasteiger partial charge in [0, 0.05) is 44.7 Å². The summed E-state index contributed by atoms with van der Waals surface area (Å²) in [4.78, 5) is 39.7. The van der Waals surface area contributed by atoms with Crippen LogP contribution in [0.3, 0.4) is 0 Å². The molecule has 1 aromatic carbocycles. The number of fused-ring (bicyclic) bond motifs is 1. The maximum Gasteiger partial charge on any atom is 0.409 e. The average molecular weight is 361 g/mol. The molecule has 0 saturated carbocycles. The molecule has 0 spiro atoms. The molecule has 0 bridgehead atoms. The van der Waals surface area contributed by atoms with Gasteiger partial charge < -0.3 is 14.5 Å². The zero-order chi connectivity index (χ0) is 18.8. The number of carbonyl (C=O) groups is 3. The summed E-state index contributed by atoms with van der Waals surface area (Å²) in [6, 6.07) is 4.01. The summed E-state index contributed by atoms with van der Waals surface area (Å²) in [5.74, 6) is -1.02. The molecule has 0 N–H and O–H groups in total. The minimum absolute atomic E-state index is 0.245. The van der Waals surface area contributed by atoms with Gasteiger partial charge in [-0.3, -0.25) is 14.2 Å². The molecule has 2 heterocycles. The van der Waals surface area contributed by atoms with Crippen LogP contribution in [0.4, 0.5) is 9.18 Å². The van der Waals surface area contributed by atoms with E-state index in [1.54, 1.807) is 16.7 Å². The van der Waals surface area contributed by atoms with Gasteiger partial charge in [-0.05, 0) is 25.1 Å². The molecule has 7 nitrogen and oxygen atoms in total. The molecule has 0 radical (unpaired) electrons. The van der Waals surface area contributed by atoms with Gasteiger partial charge in [0.05, 0.1) is 17.7 Å². The molecule has 0 atom stereocenters. The molecule has 1 saturated heterocycles. The van der Waals surface area contributed by atoms with Crippen molar-refractivity contribution < 1.29 is 23.5 Å². The van der Waals surface area contributed by atoms with E-state index in [1.165, 1.54) is 35.9 Å². The van der Waals surface area contributed by atoms with Gasteiger partial charge in [0.2, 0.25) is 5.91 Å². The third kappa shape index (κ3) is 3.26. The number of rotatable bonds is 2. The van der Waals surface area contributed by atoms with Gasteiger partial charge in [0.15, 0.2) is 0 Å². The summed E-state index contributed by atoms with van der Waals surface area (Å²) in [6.07, 6.45) is 1.07. The first kappa shape index (κ1) is 17.9. The second-order valence-corrected chi connectivity index (χ2v) is 6.07. The lowest BCUT2D eigenvalue weighted by atomic mass is 10.1. The van der Waals surface area contributed by atoms with Gasteiger partial charge in [-0.15, -0.1) is 0 Å². The third-order valence-electron chi connectivity index (χ3n) is 4.43. The highest BCUT2D eigenvalue weighted by molar-refractivity contribution is 6.09. The minimum atomic E-state index is -0.472. The summed E-state index contributed by atoms with van der Waals surface area (Å²) >= 11 is 0. The van der Waals surface area contributed by atoms with E-state index in [0.717, 1.165) is 0 Å². The molecule has 1 fully saturated rings. The quantitative estimate of drug-likeness (QED) is 0.823. The SMILES string of the molecule is CCOC(=O)N1CCN(C(=O)c2cn(C(C)=O)c3cc(F)ccc23)CC1. The van der Waals surface area contributed by atoms with Crippen LogP contribution in [0, 0.1) is 5.82 Å². The molecular formula is C18H20FN3O4. The summed E-state index contributed by atoms with van der Waals surface area (Å²) in [7, 11) is 0. The first-order valence-electron chi connectivity index (χ1n) is 8.45. The van der Waals surface area contributed by atoms with Crippen LogP contribution in [0.25, 0.3) is 10.9 Å². The number of hydrogen-bond donors (Lipinski definition) is 0. The lowest BCUT2D eigenvalue weighted by Gasteiger charge is -2.34. The van der Waals surface area contributed by atoms with Crippen LogP contribution in [0.15, 0.2) is 24.4 Å². The Bertz CT molecular complexity index is 869. The largest absolute Gasteiger partial charge is 0.450 e. The van der Waals surface area contributed by atoms with E-state index in [4.69, 9.17) is 4.74 Å². The van der Waals surface area contributed by atoms with Crippen molar-refractivity contribution in [3.05, 3.63) is 35.8 Å². The van der Waals surface area contributed by atoms with Crippen LogP contribution in [-0.2, 0) is 4.74 Å². The Kier molecular flexibility index (Phi) is 4.92. The number of hydrogen-bond acceptors (Lipinski definition) is 4. The van der Waals surface area contributed by atoms with Gasteiger partial charge in [-0.2, -0.15) is 0 Å². The molecule has 138 valence electrons. The first-order valence-corrected chi connectivity index (χ1v) is 8.45. The highest BCUT2D eigenvalue weighted by Crippen LogP contribution is 2.24. The minimum Gasteiger partial charge on any atom is -0.450 e. The van der Waals surface area contributed by atoms with Crippen molar-refractivity contribution in [1.29, 1.82) is 0 Å². The maximum absolute atomic E-state index is 13.6. The molecule has 26 heavy (non-hydrogen) atoms. The predicted octanol–water partition coefficient (Wildman–Crippen LogP) is 2.35. The zero-order valence-electron chi connectivity index (χ0n) is 14.7. The lowest BCUT2D eigenvalue weighted by molar-refractivity contribution is 0.0572. The number of amides is 2. The first-order chi connectivity index (χ1) is 12.4. The Balaban J connectivity index is 1.83. The van der Waals surface area contributed by atoms with Crippen molar-refractivity contribution in [2.45, 2.75) is 13.8 Å². The van der Waals surface area contributed by atoms with E-state index in [1.807, 2.05) is 0 Å². The van der Waals surface area contributed by atoms with Crippen LogP contribution in [0.5, 0.6) is 0 Å². The monoisotopic (exact) mass is 361 g/mol. The molecule has 1 aliphatic heterocycles. The third-order valence-corrected chi connectivity index (χ3v) is 4.43. The van der Waals surface area contributed by atoms with E-state index in [-0.39, 0.29) is 17.9 Å². The van der Waals surface area contributed by atoms with Gasteiger partial charge in [-0.25, -0.2) is 9.18 Å². The van der Waals surface area contributed by atoms with Crippen molar-refractivity contribution in [3.8, 4) is 0 Å². The van der Waals surface area contributed by atoms with Crippen molar-refractivity contribution in [1.82, 2.24) is 14.4 Å². The molecule has 1 aliphatic rings. The van der Waals surface area contributed by atoms with Crippen molar-refractivity contribution in [3.63, 3.8) is 0 Å². The van der Waals surface area contributed by atoms with Crippen LogP contribution < -0.4 is 0 Å². The highest BCUT2D eigenvalue weighted by Gasteiger charge is 2.27. The van der Waals surface area contributed by atoms with E-state index in [9.17, 15) is 18.8 Å². The normalized spacial score (nSPS) is 14.6. The van der Waals surface area contributed by atoms with Crippen LogP contribution in [0.2, 0.25) is 0 Å². The molecule has 1 aromatic heterocycles. The van der Waals surface area contributed by atoms with Gasteiger partial charge in [-0.1, -0.05) is 0 Å². The van der Waals surface area contributed by atoms with Crippen LogP contribution in [0.1, 0.15) is 29.0 Å². The summed E-state index contributed by atoms with van der Waals surface area (Å²) in [5, 5.41) is 0.527. The Labute approximate surface area is 149 Å². The average Bonchev–Trinajstić information content (AvgIpc) is 3.00. The fourth-order valence-electron chi connectivity index (χ4n) is 3.11. The van der Waals surface area contributed by atoms with Gasteiger partial charge >= 0.3 is 6.09 Å². The van der Waals surface area contributed by atoms with Crippen molar-refractivity contribution in [2.24, 2.45) is 0 Å². The molecule has 0 unspecified atom stereocenters. The maximum atomic E-state index is 13.6. The topological polar surface area (TPSA) is 71.8 Å². The number of halogens is 1. The number of benzene rings is 1. The fraction of sp³-hybridized carbons (Fsp3) is 0.389. The van der Waals surface area contributed by atoms with Crippen molar-refractivity contribution in [2.75, 3.05) is 32.8 Å². The number of piperazine rings is 1. The predicted molar refractivity (Wildman–Crippen MR) is 92.7 cm³/mol. The number of carbonyl (C=O) groups excluding carboxylic acids is 3. The molecule has 2 amide bonds. The van der Waals surface area contributed by atoms with E-state index < -0.39 is 5.82 Å². The van der Waals surface area contributed by atoms with Crippen molar-refractivity contribution >= 4 is 28.8 Å². The fourth-order valence-corrected chi connectivity index (χ4v) is 3.11. The number of aromatic nitrogens is 1. The second kappa shape index (κ2) is 7.15. The Morgan fingerprint density at radius 2 is 1.77 bits per heavy atom. The summed E-state index contributed by atoms with van der Waals surface area (Å²) < 4.78 is 19.8. The summed E-state index contributed by atoms with van der Waals surface area (Å²) in [5.41, 5.74) is 0.714. The molecule has 2 aromatic rings. The number of nitrogens with zero attached hydrogens (tertiary/aromatic N) is 3. The van der Waals surface area contributed by atoms with Gasteiger partial charge in [0.1, 0.15) is 5.82 Å². The Hall–Kier alpha value is -2.90. The van der Waals surface area contributed by atoms with Gasteiger partial charge in [0.25, 0.3) is 5.91 Å². The second-order valence-electron chi connectivity index (χ2n) is 6.07.